The van der Waals surface area contributed by atoms with Gasteiger partial charge in [0.15, 0.2) is 0 Å². The first-order valence-electron chi connectivity index (χ1n) is 6.60. The summed E-state index contributed by atoms with van der Waals surface area (Å²) in [5.41, 5.74) is 6.49. The number of sulfonamides is 1. The molecule has 22 heavy (non-hydrogen) atoms. The molecule has 0 aromatic carbocycles. The van der Waals surface area contributed by atoms with Gasteiger partial charge in [0.1, 0.15) is 4.90 Å². The van der Waals surface area contributed by atoms with E-state index in [1.54, 1.807) is 18.5 Å². The van der Waals surface area contributed by atoms with Gasteiger partial charge in [0.2, 0.25) is 0 Å². The molecule has 0 aliphatic carbocycles. The summed E-state index contributed by atoms with van der Waals surface area (Å²) in [6, 6.07) is 1.48. The van der Waals surface area contributed by atoms with Crippen LogP contribution in [-0.4, -0.2) is 24.1 Å². The Morgan fingerprint density at radius 1 is 1.41 bits per heavy atom. The average Bonchev–Trinajstić information content (AvgIpc) is 2.93. The lowest BCUT2D eigenvalue weighted by Gasteiger charge is -2.09. The van der Waals surface area contributed by atoms with Crippen LogP contribution < -0.4 is 10.5 Å². The number of primary amides is 1. The second-order valence-electron chi connectivity index (χ2n) is 5.21. The van der Waals surface area contributed by atoms with Gasteiger partial charge in [-0.2, -0.15) is 5.10 Å². The summed E-state index contributed by atoms with van der Waals surface area (Å²) >= 11 is 1.09. The smallest absolute Gasteiger partial charge is 0.265 e. The molecular formula is C13H18N4O3S2. The predicted octanol–water partition coefficient (Wildman–Crippen LogP) is 2.04. The number of carbonyl (C=O) groups excluding carboxylic acids is 1. The van der Waals surface area contributed by atoms with Crippen molar-refractivity contribution in [2.45, 2.75) is 38.6 Å². The van der Waals surface area contributed by atoms with Crippen LogP contribution in [0, 0.1) is 13.8 Å². The van der Waals surface area contributed by atoms with Crippen molar-refractivity contribution in [3.8, 4) is 0 Å². The maximum Gasteiger partial charge on any atom is 0.265 e. The van der Waals surface area contributed by atoms with Crippen molar-refractivity contribution in [1.29, 1.82) is 0 Å². The highest BCUT2D eigenvalue weighted by atomic mass is 32.2. The van der Waals surface area contributed by atoms with Crippen LogP contribution >= 0.6 is 11.3 Å². The van der Waals surface area contributed by atoms with Crippen molar-refractivity contribution < 1.29 is 13.2 Å². The minimum absolute atomic E-state index is 0.0604. The Morgan fingerprint density at radius 3 is 2.50 bits per heavy atom. The van der Waals surface area contributed by atoms with E-state index in [2.05, 4.69) is 9.82 Å². The van der Waals surface area contributed by atoms with Gasteiger partial charge in [-0.15, -0.1) is 11.3 Å². The minimum atomic E-state index is -3.78. The van der Waals surface area contributed by atoms with E-state index >= 15 is 0 Å². The molecule has 120 valence electrons. The van der Waals surface area contributed by atoms with Crippen LogP contribution in [0.5, 0.6) is 0 Å². The molecule has 0 bridgehead atoms. The van der Waals surface area contributed by atoms with E-state index in [9.17, 15) is 13.2 Å². The topological polar surface area (TPSA) is 107 Å². The van der Waals surface area contributed by atoms with E-state index in [1.807, 2.05) is 13.8 Å². The monoisotopic (exact) mass is 342 g/mol. The average molecular weight is 342 g/mol. The molecule has 0 saturated carbocycles. The summed E-state index contributed by atoms with van der Waals surface area (Å²) < 4.78 is 29.3. The molecule has 9 heteroatoms. The van der Waals surface area contributed by atoms with Crippen LogP contribution in [0.15, 0.2) is 16.3 Å². The van der Waals surface area contributed by atoms with E-state index < -0.39 is 15.9 Å². The first-order chi connectivity index (χ1) is 10.1. The third-order valence-corrected chi connectivity index (χ3v) is 5.69. The van der Waals surface area contributed by atoms with E-state index in [4.69, 9.17) is 5.73 Å². The maximum absolute atomic E-state index is 12.6. The van der Waals surface area contributed by atoms with Crippen LogP contribution in [0.3, 0.4) is 0 Å². The van der Waals surface area contributed by atoms with Crippen molar-refractivity contribution in [2.75, 3.05) is 4.72 Å². The second kappa shape index (κ2) is 5.73. The summed E-state index contributed by atoms with van der Waals surface area (Å²) in [5.74, 6) is -0.588. The van der Waals surface area contributed by atoms with Gasteiger partial charge < -0.3 is 5.73 Å². The number of nitrogens with two attached hydrogens (primary N) is 1. The van der Waals surface area contributed by atoms with E-state index in [-0.39, 0.29) is 10.9 Å². The van der Waals surface area contributed by atoms with Crippen molar-refractivity contribution in [3.63, 3.8) is 0 Å². The summed E-state index contributed by atoms with van der Waals surface area (Å²) in [6.07, 6.45) is 0. The number of nitrogens with zero attached hydrogens (tertiary/aromatic N) is 2. The van der Waals surface area contributed by atoms with Gasteiger partial charge in [-0.3, -0.25) is 14.2 Å². The van der Waals surface area contributed by atoms with Gasteiger partial charge in [0.05, 0.1) is 22.0 Å². The van der Waals surface area contributed by atoms with Crippen LogP contribution in [-0.2, 0) is 10.0 Å². The molecule has 2 aromatic heterocycles. The second-order valence-corrected chi connectivity index (χ2v) is 7.74. The number of aryl methyl sites for hydroxylation is 1. The first-order valence-corrected chi connectivity index (χ1v) is 8.96. The van der Waals surface area contributed by atoms with Gasteiger partial charge >= 0.3 is 0 Å². The molecule has 0 spiro atoms. The SMILES string of the molecule is Cc1nn(C(C)C)c(C)c1S(=O)(=O)Nc1csc(C(N)=O)c1. The molecule has 0 fully saturated rings. The van der Waals surface area contributed by atoms with Gasteiger partial charge in [0, 0.05) is 11.4 Å². The van der Waals surface area contributed by atoms with E-state index in [1.165, 1.54) is 11.4 Å². The zero-order valence-electron chi connectivity index (χ0n) is 12.7. The molecule has 0 unspecified atom stereocenters. The first kappa shape index (κ1) is 16.5. The highest BCUT2D eigenvalue weighted by Gasteiger charge is 2.26. The van der Waals surface area contributed by atoms with Crippen LogP contribution in [0.1, 0.15) is 40.9 Å². The predicted molar refractivity (Wildman–Crippen MR) is 85.7 cm³/mol. The Bertz CT molecular complexity index is 818. The number of carbonyl (C=O) groups is 1. The number of nitrogens with one attached hydrogen (secondary N) is 1. The highest BCUT2D eigenvalue weighted by molar-refractivity contribution is 7.92. The number of rotatable bonds is 5. The number of hydrogen-bond donors (Lipinski definition) is 2. The Hall–Kier alpha value is -1.87. The molecule has 0 atom stereocenters. The molecule has 0 aliphatic heterocycles. The lowest BCUT2D eigenvalue weighted by molar-refractivity contribution is 0.100. The van der Waals surface area contributed by atoms with Gasteiger partial charge in [0.25, 0.3) is 15.9 Å². The minimum Gasteiger partial charge on any atom is -0.365 e. The number of hydrogen-bond acceptors (Lipinski definition) is 5. The number of anilines is 1. The van der Waals surface area contributed by atoms with Crippen LogP contribution in [0.2, 0.25) is 0 Å². The molecule has 1 amide bonds. The van der Waals surface area contributed by atoms with Crippen molar-refractivity contribution >= 4 is 33.0 Å². The number of thiophene rings is 1. The summed E-state index contributed by atoms with van der Waals surface area (Å²) in [4.78, 5) is 11.5. The van der Waals surface area contributed by atoms with Crippen molar-refractivity contribution in [1.82, 2.24) is 9.78 Å². The Kier molecular flexibility index (Phi) is 4.30. The maximum atomic E-state index is 12.6. The zero-order valence-corrected chi connectivity index (χ0v) is 14.4. The van der Waals surface area contributed by atoms with Gasteiger partial charge in [-0.05, 0) is 33.8 Å². The Labute approximate surface area is 133 Å². The van der Waals surface area contributed by atoms with E-state index in [0.717, 1.165) is 11.3 Å². The van der Waals surface area contributed by atoms with Crippen LogP contribution in [0.4, 0.5) is 5.69 Å². The molecular weight excluding hydrogens is 324 g/mol. The quantitative estimate of drug-likeness (QED) is 0.867. The normalized spacial score (nSPS) is 11.9. The summed E-state index contributed by atoms with van der Waals surface area (Å²) in [5, 5.41) is 5.81. The van der Waals surface area contributed by atoms with Gasteiger partial charge in [-0.1, -0.05) is 0 Å². The molecule has 0 saturated heterocycles. The zero-order chi connectivity index (χ0) is 16.7. The number of amides is 1. The molecule has 7 nitrogen and oxygen atoms in total. The van der Waals surface area contributed by atoms with Crippen molar-refractivity contribution in [2.24, 2.45) is 5.73 Å². The Morgan fingerprint density at radius 2 is 2.05 bits per heavy atom. The summed E-state index contributed by atoms with van der Waals surface area (Å²) in [6.45, 7) is 7.24. The summed E-state index contributed by atoms with van der Waals surface area (Å²) in [7, 11) is -3.78. The molecule has 2 rings (SSSR count). The fourth-order valence-corrected chi connectivity index (χ4v) is 4.47. The third kappa shape index (κ3) is 3.00. The van der Waals surface area contributed by atoms with E-state index in [0.29, 0.717) is 22.0 Å². The molecule has 2 heterocycles. The fourth-order valence-electron chi connectivity index (χ4n) is 2.26. The number of aromatic nitrogens is 2. The lowest BCUT2D eigenvalue weighted by Crippen LogP contribution is -2.15. The largest absolute Gasteiger partial charge is 0.365 e. The lowest BCUT2D eigenvalue weighted by atomic mass is 10.3. The van der Waals surface area contributed by atoms with Crippen LogP contribution in [0.25, 0.3) is 0 Å². The van der Waals surface area contributed by atoms with Crippen molar-refractivity contribution in [3.05, 3.63) is 27.7 Å². The molecule has 2 aromatic rings. The fraction of sp³-hybridized carbons (Fsp3) is 0.385. The molecule has 0 radical (unpaired) electrons. The standard InChI is InChI=1S/C13H18N4O3S2/c1-7(2)17-9(4)12(8(3)15-17)22(19,20)16-10-5-11(13(14)18)21-6-10/h5-7,16H,1-4H3,(H2,14,18). The Balaban J connectivity index is 2.40. The molecule has 3 N–H and O–H groups in total. The third-order valence-electron chi connectivity index (χ3n) is 3.11. The van der Waals surface area contributed by atoms with Gasteiger partial charge in [-0.25, -0.2) is 8.42 Å². The highest BCUT2D eigenvalue weighted by Crippen LogP contribution is 2.26. The molecule has 0 aliphatic rings.